The van der Waals surface area contributed by atoms with E-state index in [1.165, 1.54) is 11.3 Å². The van der Waals surface area contributed by atoms with E-state index >= 15 is 0 Å². The summed E-state index contributed by atoms with van der Waals surface area (Å²) in [6.45, 7) is 2.58. The quantitative estimate of drug-likeness (QED) is 0.800. The van der Waals surface area contributed by atoms with Gasteiger partial charge in [0.1, 0.15) is 9.71 Å². The van der Waals surface area contributed by atoms with Crippen LogP contribution in [0.4, 0.5) is 5.69 Å². The number of carbonyl (C=O) groups is 1. The standard InChI is InChI=1S/C14H17N3O2S/c1-8-2-5-16-13-9(8)10(15)11(20-13)12(19)17-6-14(7-18)3-4-14/h2,5,18H,3-4,6-7,15H2,1H3,(H,17,19). The molecule has 0 atom stereocenters. The van der Waals surface area contributed by atoms with Gasteiger partial charge in [0.15, 0.2) is 0 Å². The van der Waals surface area contributed by atoms with Crippen molar-refractivity contribution in [3.05, 3.63) is 22.7 Å². The number of hydrogen-bond donors (Lipinski definition) is 3. The minimum absolute atomic E-state index is 0.102. The van der Waals surface area contributed by atoms with Crippen LogP contribution in [0.15, 0.2) is 12.3 Å². The summed E-state index contributed by atoms with van der Waals surface area (Å²) in [6.07, 6.45) is 3.65. The summed E-state index contributed by atoms with van der Waals surface area (Å²) in [5.74, 6) is -0.176. The van der Waals surface area contributed by atoms with Crippen LogP contribution in [0.25, 0.3) is 10.2 Å². The molecule has 20 heavy (non-hydrogen) atoms. The highest BCUT2D eigenvalue weighted by atomic mass is 32.1. The van der Waals surface area contributed by atoms with Gasteiger partial charge in [0, 0.05) is 23.5 Å². The van der Waals surface area contributed by atoms with Crippen molar-refractivity contribution in [1.82, 2.24) is 10.3 Å². The number of aliphatic hydroxyl groups is 1. The first kappa shape index (κ1) is 13.3. The third kappa shape index (κ3) is 2.14. The maximum absolute atomic E-state index is 12.2. The highest BCUT2D eigenvalue weighted by Gasteiger charge is 2.42. The second-order valence-corrected chi connectivity index (χ2v) is 6.49. The van der Waals surface area contributed by atoms with Crippen molar-refractivity contribution < 1.29 is 9.90 Å². The van der Waals surface area contributed by atoms with Crippen LogP contribution in [0.5, 0.6) is 0 Å². The number of carbonyl (C=O) groups excluding carboxylic acids is 1. The Bertz CT molecular complexity index is 676. The lowest BCUT2D eigenvalue weighted by Gasteiger charge is -2.12. The molecule has 2 aromatic heterocycles. The number of amides is 1. The van der Waals surface area contributed by atoms with E-state index in [0.717, 1.165) is 28.6 Å². The van der Waals surface area contributed by atoms with E-state index < -0.39 is 0 Å². The molecule has 4 N–H and O–H groups in total. The third-order valence-corrected chi connectivity index (χ3v) is 5.07. The summed E-state index contributed by atoms with van der Waals surface area (Å²) in [5, 5.41) is 13.0. The second kappa shape index (κ2) is 4.71. The number of anilines is 1. The molecule has 0 aliphatic heterocycles. The van der Waals surface area contributed by atoms with Crippen molar-refractivity contribution >= 4 is 33.1 Å². The zero-order valence-corrected chi connectivity index (χ0v) is 12.1. The molecule has 0 spiro atoms. The molecule has 6 heteroatoms. The van der Waals surface area contributed by atoms with Crippen LogP contribution in [0, 0.1) is 12.3 Å². The van der Waals surface area contributed by atoms with Crippen molar-refractivity contribution in [3.8, 4) is 0 Å². The van der Waals surface area contributed by atoms with Gasteiger partial charge in [-0.3, -0.25) is 4.79 Å². The summed E-state index contributed by atoms with van der Waals surface area (Å²) in [7, 11) is 0. The molecule has 0 radical (unpaired) electrons. The van der Waals surface area contributed by atoms with Gasteiger partial charge in [0.25, 0.3) is 5.91 Å². The zero-order chi connectivity index (χ0) is 14.3. The normalized spacial score (nSPS) is 16.3. The lowest BCUT2D eigenvalue weighted by atomic mass is 10.1. The Kier molecular flexibility index (Phi) is 3.14. The number of pyridine rings is 1. The van der Waals surface area contributed by atoms with Gasteiger partial charge >= 0.3 is 0 Å². The number of fused-ring (bicyclic) bond motifs is 1. The van der Waals surface area contributed by atoms with Gasteiger partial charge in [0.2, 0.25) is 0 Å². The molecule has 0 unspecified atom stereocenters. The van der Waals surface area contributed by atoms with Crippen molar-refractivity contribution in [2.45, 2.75) is 19.8 Å². The maximum atomic E-state index is 12.2. The maximum Gasteiger partial charge on any atom is 0.263 e. The zero-order valence-electron chi connectivity index (χ0n) is 11.3. The Morgan fingerprint density at radius 1 is 1.60 bits per heavy atom. The molecule has 3 rings (SSSR count). The van der Waals surface area contributed by atoms with E-state index in [0.29, 0.717) is 17.1 Å². The highest BCUT2D eigenvalue weighted by molar-refractivity contribution is 7.21. The first-order chi connectivity index (χ1) is 9.56. The van der Waals surface area contributed by atoms with Crippen molar-refractivity contribution in [1.29, 1.82) is 0 Å². The number of nitrogens with zero attached hydrogens (tertiary/aromatic N) is 1. The van der Waals surface area contributed by atoms with E-state index in [4.69, 9.17) is 5.73 Å². The predicted octanol–water partition coefficient (Wildman–Crippen LogP) is 1.69. The summed E-state index contributed by atoms with van der Waals surface area (Å²) < 4.78 is 0. The van der Waals surface area contributed by atoms with E-state index in [1.807, 2.05) is 13.0 Å². The van der Waals surface area contributed by atoms with E-state index in [1.54, 1.807) is 6.20 Å². The lowest BCUT2D eigenvalue weighted by Crippen LogP contribution is -2.31. The number of aromatic nitrogens is 1. The summed E-state index contributed by atoms with van der Waals surface area (Å²) in [6, 6.07) is 1.89. The van der Waals surface area contributed by atoms with Crippen molar-refractivity contribution in [2.75, 3.05) is 18.9 Å². The van der Waals surface area contributed by atoms with Crippen LogP contribution in [-0.2, 0) is 0 Å². The molecular formula is C14H17N3O2S. The number of nitrogen functional groups attached to an aromatic ring is 1. The third-order valence-electron chi connectivity index (χ3n) is 3.96. The van der Waals surface area contributed by atoms with Gasteiger partial charge in [-0.1, -0.05) is 0 Å². The molecular weight excluding hydrogens is 274 g/mol. The fourth-order valence-electron chi connectivity index (χ4n) is 2.29. The van der Waals surface area contributed by atoms with Gasteiger partial charge in [-0.2, -0.15) is 0 Å². The number of nitrogens with one attached hydrogen (secondary N) is 1. The van der Waals surface area contributed by atoms with E-state index in [-0.39, 0.29) is 17.9 Å². The summed E-state index contributed by atoms with van der Waals surface area (Å²) >= 11 is 1.31. The molecule has 0 saturated heterocycles. The molecule has 1 aliphatic carbocycles. The van der Waals surface area contributed by atoms with Crippen LogP contribution >= 0.6 is 11.3 Å². The van der Waals surface area contributed by atoms with Gasteiger partial charge in [-0.25, -0.2) is 4.98 Å². The van der Waals surface area contributed by atoms with Gasteiger partial charge in [-0.15, -0.1) is 11.3 Å². The minimum Gasteiger partial charge on any atom is -0.397 e. The highest BCUT2D eigenvalue weighted by Crippen LogP contribution is 2.44. The average molecular weight is 291 g/mol. The van der Waals surface area contributed by atoms with Gasteiger partial charge in [0.05, 0.1) is 12.3 Å². The monoisotopic (exact) mass is 291 g/mol. The molecule has 5 nitrogen and oxygen atoms in total. The number of aliphatic hydroxyl groups excluding tert-OH is 1. The van der Waals surface area contributed by atoms with Crippen LogP contribution in [0.3, 0.4) is 0 Å². The molecule has 1 saturated carbocycles. The Hall–Kier alpha value is -1.66. The van der Waals surface area contributed by atoms with Crippen LogP contribution in [0.2, 0.25) is 0 Å². The SMILES string of the molecule is Cc1ccnc2sc(C(=O)NCC3(CO)CC3)c(N)c12. The fourth-order valence-corrected chi connectivity index (χ4v) is 3.34. The van der Waals surface area contributed by atoms with Crippen LogP contribution < -0.4 is 11.1 Å². The van der Waals surface area contributed by atoms with Gasteiger partial charge < -0.3 is 16.2 Å². The smallest absolute Gasteiger partial charge is 0.263 e. The number of thiophene rings is 1. The fraction of sp³-hybridized carbons (Fsp3) is 0.429. The molecule has 106 valence electrons. The van der Waals surface area contributed by atoms with E-state index in [9.17, 15) is 9.90 Å². The van der Waals surface area contributed by atoms with Crippen LogP contribution in [0.1, 0.15) is 28.1 Å². The molecule has 1 fully saturated rings. The van der Waals surface area contributed by atoms with Gasteiger partial charge in [-0.05, 0) is 31.4 Å². The Morgan fingerprint density at radius 2 is 2.35 bits per heavy atom. The average Bonchev–Trinajstić information content (AvgIpc) is 3.15. The second-order valence-electron chi connectivity index (χ2n) is 5.49. The molecule has 0 aromatic carbocycles. The van der Waals surface area contributed by atoms with E-state index in [2.05, 4.69) is 10.3 Å². The molecule has 0 bridgehead atoms. The van der Waals surface area contributed by atoms with Crippen LogP contribution in [-0.4, -0.2) is 29.1 Å². The number of hydrogen-bond acceptors (Lipinski definition) is 5. The minimum atomic E-state index is -0.176. The van der Waals surface area contributed by atoms with Crippen molar-refractivity contribution in [2.24, 2.45) is 5.41 Å². The lowest BCUT2D eigenvalue weighted by molar-refractivity contribution is 0.0940. The summed E-state index contributed by atoms with van der Waals surface area (Å²) in [5.41, 5.74) is 7.51. The molecule has 2 aromatic rings. The molecule has 1 aliphatic rings. The Labute approximate surface area is 120 Å². The topological polar surface area (TPSA) is 88.2 Å². The number of aryl methyl sites for hydroxylation is 1. The largest absolute Gasteiger partial charge is 0.397 e. The molecule has 2 heterocycles. The number of nitrogens with two attached hydrogens (primary N) is 1. The summed E-state index contributed by atoms with van der Waals surface area (Å²) in [4.78, 5) is 17.8. The first-order valence-electron chi connectivity index (χ1n) is 6.59. The predicted molar refractivity (Wildman–Crippen MR) is 79.9 cm³/mol. The molecule has 1 amide bonds. The Balaban J connectivity index is 1.85. The van der Waals surface area contributed by atoms with Crippen molar-refractivity contribution in [3.63, 3.8) is 0 Å². The Morgan fingerprint density at radius 3 is 2.95 bits per heavy atom. The number of rotatable bonds is 4. The first-order valence-corrected chi connectivity index (χ1v) is 7.41.